The lowest BCUT2D eigenvalue weighted by Crippen LogP contribution is -2.31. The van der Waals surface area contributed by atoms with Crippen molar-refractivity contribution in [3.63, 3.8) is 0 Å². The van der Waals surface area contributed by atoms with Gasteiger partial charge in [-0.25, -0.2) is 0 Å². The molecule has 72 valence electrons. The third kappa shape index (κ3) is 3.46. The number of hydrogen-bond donors (Lipinski definition) is 2. The van der Waals surface area contributed by atoms with Gasteiger partial charge in [0.2, 0.25) is 5.91 Å². The molecule has 5 heteroatoms. The Balaban J connectivity index is 2.39. The minimum absolute atomic E-state index is 0.345. The molecule has 0 aliphatic carbocycles. The van der Waals surface area contributed by atoms with Crippen molar-refractivity contribution in [1.29, 1.82) is 0 Å². The second kappa shape index (κ2) is 4.74. The van der Waals surface area contributed by atoms with Crippen LogP contribution >= 0.6 is 27.3 Å². The van der Waals surface area contributed by atoms with E-state index in [0.717, 1.165) is 9.35 Å². The van der Waals surface area contributed by atoms with E-state index in [4.69, 9.17) is 5.11 Å². The first kappa shape index (κ1) is 10.7. The maximum Gasteiger partial charge on any atom is 0.248 e. The third-order valence-electron chi connectivity index (χ3n) is 1.47. The number of carbonyl (C=O) groups is 1. The van der Waals surface area contributed by atoms with Crippen LogP contribution in [0, 0.1) is 0 Å². The fraction of sp³-hybridized carbons (Fsp3) is 0.375. The number of halogens is 1. The molecule has 0 fully saturated rings. The van der Waals surface area contributed by atoms with E-state index in [1.807, 2.05) is 11.4 Å². The van der Waals surface area contributed by atoms with Crippen LogP contribution in [-0.2, 0) is 11.3 Å². The molecule has 1 atom stereocenters. The number of thiophene rings is 1. The second-order valence-electron chi connectivity index (χ2n) is 2.65. The maximum absolute atomic E-state index is 11.0. The number of rotatable bonds is 3. The van der Waals surface area contributed by atoms with Crippen molar-refractivity contribution in [2.24, 2.45) is 0 Å². The summed E-state index contributed by atoms with van der Waals surface area (Å²) in [5.74, 6) is -0.345. The molecule has 0 aromatic carbocycles. The van der Waals surface area contributed by atoms with E-state index in [2.05, 4.69) is 21.2 Å². The Labute approximate surface area is 88.9 Å². The molecule has 1 aromatic rings. The van der Waals surface area contributed by atoms with E-state index in [-0.39, 0.29) is 5.91 Å². The molecule has 1 heterocycles. The number of aliphatic hydroxyl groups excluding tert-OH is 1. The van der Waals surface area contributed by atoms with Crippen LogP contribution < -0.4 is 5.32 Å². The molecule has 1 amide bonds. The lowest BCUT2D eigenvalue weighted by molar-refractivity contribution is -0.128. The first-order valence-corrected chi connectivity index (χ1v) is 5.45. The molecule has 0 saturated carbocycles. The fourth-order valence-corrected chi connectivity index (χ4v) is 1.98. The lowest BCUT2D eigenvalue weighted by Gasteiger charge is -2.04. The zero-order valence-electron chi connectivity index (χ0n) is 7.08. The summed E-state index contributed by atoms with van der Waals surface area (Å²) in [6.07, 6.45) is -0.943. The van der Waals surface area contributed by atoms with E-state index in [1.165, 1.54) is 6.92 Å². The molecule has 1 rings (SSSR count). The maximum atomic E-state index is 11.0. The first-order chi connectivity index (χ1) is 6.09. The predicted molar refractivity (Wildman–Crippen MR) is 55.5 cm³/mol. The lowest BCUT2D eigenvalue weighted by atomic mass is 10.3. The van der Waals surface area contributed by atoms with Gasteiger partial charge in [0.05, 0.1) is 3.79 Å². The van der Waals surface area contributed by atoms with Gasteiger partial charge in [0, 0.05) is 6.54 Å². The molecule has 0 aliphatic rings. The normalized spacial score (nSPS) is 12.5. The highest BCUT2D eigenvalue weighted by Crippen LogP contribution is 2.20. The van der Waals surface area contributed by atoms with Crippen LogP contribution in [0.2, 0.25) is 0 Å². The van der Waals surface area contributed by atoms with Crippen LogP contribution in [0.3, 0.4) is 0 Å². The van der Waals surface area contributed by atoms with Gasteiger partial charge in [-0.3, -0.25) is 4.79 Å². The van der Waals surface area contributed by atoms with Crippen LogP contribution in [0.15, 0.2) is 15.2 Å². The van der Waals surface area contributed by atoms with Crippen LogP contribution in [0.5, 0.6) is 0 Å². The van der Waals surface area contributed by atoms with E-state index >= 15 is 0 Å². The van der Waals surface area contributed by atoms with Crippen molar-refractivity contribution in [3.8, 4) is 0 Å². The Bertz CT molecular complexity index is 298. The zero-order chi connectivity index (χ0) is 9.84. The van der Waals surface area contributed by atoms with E-state index in [9.17, 15) is 4.79 Å². The number of nitrogens with one attached hydrogen (secondary N) is 1. The summed E-state index contributed by atoms with van der Waals surface area (Å²) < 4.78 is 1.04. The van der Waals surface area contributed by atoms with Gasteiger partial charge in [-0.05, 0) is 39.9 Å². The average Bonchev–Trinajstić information content (AvgIpc) is 2.47. The molecule has 3 nitrogen and oxygen atoms in total. The summed E-state index contributed by atoms with van der Waals surface area (Å²) in [5.41, 5.74) is 1.03. The number of carbonyl (C=O) groups excluding carboxylic acids is 1. The number of hydrogen-bond acceptors (Lipinski definition) is 3. The molecular formula is C8H10BrNO2S. The standard InChI is InChI=1S/C8H10BrNO2S/c1-5(11)8(12)10-3-6-2-7(9)13-4-6/h2,4-5,11H,3H2,1H3,(H,10,12)/t5-/m0/s1. The molecular weight excluding hydrogens is 254 g/mol. The van der Waals surface area contributed by atoms with Gasteiger partial charge in [0.15, 0.2) is 0 Å². The van der Waals surface area contributed by atoms with Crippen molar-refractivity contribution in [2.45, 2.75) is 19.6 Å². The van der Waals surface area contributed by atoms with E-state index in [1.54, 1.807) is 11.3 Å². The van der Waals surface area contributed by atoms with Crippen molar-refractivity contribution in [2.75, 3.05) is 0 Å². The monoisotopic (exact) mass is 263 g/mol. The SMILES string of the molecule is C[C@H](O)C(=O)NCc1csc(Br)c1. The Morgan fingerprint density at radius 1 is 1.85 bits per heavy atom. The van der Waals surface area contributed by atoms with Crippen LogP contribution in [0.25, 0.3) is 0 Å². The summed E-state index contributed by atoms with van der Waals surface area (Å²) in [7, 11) is 0. The second-order valence-corrected chi connectivity index (χ2v) is 4.94. The Hall–Kier alpha value is -0.390. The van der Waals surface area contributed by atoms with E-state index in [0.29, 0.717) is 6.54 Å². The molecule has 2 N–H and O–H groups in total. The van der Waals surface area contributed by atoms with Gasteiger partial charge in [-0.15, -0.1) is 11.3 Å². The summed E-state index contributed by atoms with van der Waals surface area (Å²) >= 11 is 4.89. The van der Waals surface area contributed by atoms with Crippen molar-refractivity contribution >= 4 is 33.2 Å². The smallest absolute Gasteiger partial charge is 0.248 e. The summed E-state index contributed by atoms with van der Waals surface area (Å²) in [6.45, 7) is 1.91. The third-order valence-corrected chi connectivity index (χ3v) is 3.02. The van der Waals surface area contributed by atoms with Crippen molar-refractivity contribution < 1.29 is 9.90 Å². The molecule has 0 bridgehead atoms. The van der Waals surface area contributed by atoms with E-state index < -0.39 is 6.10 Å². The van der Waals surface area contributed by atoms with Crippen LogP contribution in [-0.4, -0.2) is 17.1 Å². The molecule has 0 spiro atoms. The Kier molecular flexibility index (Phi) is 3.90. The van der Waals surface area contributed by atoms with Crippen LogP contribution in [0.1, 0.15) is 12.5 Å². The number of aliphatic hydroxyl groups is 1. The van der Waals surface area contributed by atoms with Gasteiger partial charge < -0.3 is 10.4 Å². The molecule has 0 aliphatic heterocycles. The summed E-state index contributed by atoms with van der Waals surface area (Å²) in [5, 5.41) is 13.4. The number of amides is 1. The quantitative estimate of drug-likeness (QED) is 0.869. The van der Waals surface area contributed by atoms with Crippen LogP contribution in [0.4, 0.5) is 0 Å². The predicted octanol–water partition coefficient (Wildman–Crippen LogP) is 1.51. The average molecular weight is 264 g/mol. The van der Waals surface area contributed by atoms with Gasteiger partial charge >= 0.3 is 0 Å². The zero-order valence-corrected chi connectivity index (χ0v) is 9.48. The highest BCUT2D eigenvalue weighted by atomic mass is 79.9. The summed E-state index contributed by atoms with van der Waals surface area (Å²) in [6, 6.07) is 1.94. The molecule has 0 radical (unpaired) electrons. The van der Waals surface area contributed by atoms with Crippen molar-refractivity contribution in [3.05, 3.63) is 20.8 Å². The van der Waals surface area contributed by atoms with Gasteiger partial charge in [0.25, 0.3) is 0 Å². The fourth-order valence-electron chi connectivity index (χ4n) is 0.775. The first-order valence-electron chi connectivity index (χ1n) is 3.78. The van der Waals surface area contributed by atoms with Gasteiger partial charge in [0.1, 0.15) is 6.10 Å². The molecule has 1 aromatic heterocycles. The van der Waals surface area contributed by atoms with Crippen molar-refractivity contribution in [1.82, 2.24) is 5.32 Å². The minimum atomic E-state index is -0.943. The highest BCUT2D eigenvalue weighted by Gasteiger charge is 2.07. The van der Waals surface area contributed by atoms with Gasteiger partial charge in [-0.1, -0.05) is 0 Å². The Morgan fingerprint density at radius 2 is 2.54 bits per heavy atom. The topological polar surface area (TPSA) is 49.3 Å². The molecule has 13 heavy (non-hydrogen) atoms. The highest BCUT2D eigenvalue weighted by molar-refractivity contribution is 9.11. The molecule has 0 saturated heterocycles. The Morgan fingerprint density at radius 3 is 3.00 bits per heavy atom. The van der Waals surface area contributed by atoms with Gasteiger partial charge in [-0.2, -0.15) is 0 Å². The largest absolute Gasteiger partial charge is 0.384 e. The molecule has 0 unspecified atom stereocenters. The summed E-state index contributed by atoms with van der Waals surface area (Å²) in [4.78, 5) is 11.0. The minimum Gasteiger partial charge on any atom is -0.384 e.